The maximum Gasteiger partial charge on any atom is 0.243 e. The summed E-state index contributed by atoms with van der Waals surface area (Å²) >= 11 is 0. The van der Waals surface area contributed by atoms with Crippen LogP contribution < -0.4 is 10.1 Å². The number of ether oxygens (including phenoxy) is 1. The molecular formula is C27H28N2O4S. The highest BCUT2D eigenvalue weighted by Crippen LogP contribution is 2.37. The fraction of sp³-hybridized carbons (Fsp3) is 0.296. The van der Waals surface area contributed by atoms with Crippen LogP contribution in [0.15, 0.2) is 71.6 Å². The van der Waals surface area contributed by atoms with Crippen molar-refractivity contribution in [3.63, 3.8) is 0 Å². The zero-order valence-electron chi connectivity index (χ0n) is 19.2. The third-order valence-corrected chi connectivity index (χ3v) is 8.57. The number of nitrogens with one attached hydrogen (secondary N) is 1. The van der Waals surface area contributed by atoms with Crippen LogP contribution in [0.1, 0.15) is 30.9 Å². The van der Waals surface area contributed by atoms with Crippen molar-refractivity contribution < 1.29 is 17.9 Å². The number of piperidine rings is 1. The molecule has 0 saturated carbocycles. The third-order valence-electron chi connectivity index (χ3n) is 6.66. The van der Waals surface area contributed by atoms with Crippen LogP contribution in [0.4, 0.5) is 5.69 Å². The molecule has 1 aliphatic carbocycles. The molecule has 7 heteroatoms. The zero-order valence-corrected chi connectivity index (χ0v) is 20.0. The van der Waals surface area contributed by atoms with Gasteiger partial charge in [0.05, 0.1) is 11.5 Å². The second-order valence-corrected chi connectivity index (χ2v) is 10.7. The molecule has 0 aromatic heterocycles. The van der Waals surface area contributed by atoms with Gasteiger partial charge in [-0.25, -0.2) is 8.42 Å². The number of benzene rings is 3. The van der Waals surface area contributed by atoms with E-state index in [2.05, 4.69) is 35.6 Å². The lowest BCUT2D eigenvalue weighted by molar-refractivity contribution is -0.120. The van der Waals surface area contributed by atoms with Crippen molar-refractivity contribution in [2.75, 3.05) is 25.0 Å². The fourth-order valence-corrected chi connectivity index (χ4v) is 6.32. The summed E-state index contributed by atoms with van der Waals surface area (Å²) in [7, 11) is -3.59. The molecule has 176 valence electrons. The molecule has 3 aromatic carbocycles. The number of hydrogen-bond donors (Lipinski definition) is 1. The van der Waals surface area contributed by atoms with Gasteiger partial charge in [0.2, 0.25) is 15.9 Å². The van der Waals surface area contributed by atoms with Crippen molar-refractivity contribution in [2.45, 2.75) is 31.1 Å². The molecule has 1 amide bonds. The molecule has 5 rings (SSSR count). The van der Waals surface area contributed by atoms with E-state index in [1.807, 2.05) is 19.1 Å². The van der Waals surface area contributed by atoms with Gasteiger partial charge in [-0.15, -0.1) is 0 Å². The Balaban J connectivity index is 1.20. The van der Waals surface area contributed by atoms with E-state index in [9.17, 15) is 13.2 Å². The van der Waals surface area contributed by atoms with Crippen LogP contribution in [0.3, 0.4) is 0 Å². The van der Waals surface area contributed by atoms with E-state index in [-0.39, 0.29) is 16.7 Å². The molecule has 2 aliphatic rings. The maximum atomic E-state index is 13.0. The summed E-state index contributed by atoms with van der Waals surface area (Å²) in [5, 5.41) is 3.05. The Bertz CT molecular complexity index is 1310. The Morgan fingerprint density at radius 1 is 0.971 bits per heavy atom. The predicted octanol–water partition coefficient (Wildman–Crippen LogP) is 4.70. The molecule has 0 radical (unpaired) electrons. The second kappa shape index (κ2) is 9.24. The minimum absolute atomic E-state index is 0.0476. The number of amides is 1. The second-order valence-electron chi connectivity index (χ2n) is 8.78. The van der Waals surface area contributed by atoms with Gasteiger partial charge in [0, 0.05) is 24.7 Å². The molecular weight excluding hydrogens is 448 g/mol. The van der Waals surface area contributed by atoms with Gasteiger partial charge >= 0.3 is 0 Å². The van der Waals surface area contributed by atoms with E-state index in [1.54, 1.807) is 24.3 Å². The first-order valence-electron chi connectivity index (χ1n) is 11.7. The van der Waals surface area contributed by atoms with Gasteiger partial charge in [-0.05, 0) is 84.8 Å². The maximum absolute atomic E-state index is 13.0. The topological polar surface area (TPSA) is 75.7 Å². The number of carbonyl (C=O) groups is 1. The van der Waals surface area contributed by atoms with Gasteiger partial charge in [0.15, 0.2) is 0 Å². The molecule has 6 nitrogen and oxygen atoms in total. The van der Waals surface area contributed by atoms with Gasteiger partial charge < -0.3 is 10.1 Å². The molecule has 34 heavy (non-hydrogen) atoms. The number of sulfonamides is 1. The summed E-state index contributed by atoms with van der Waals surface area (Å²) in [5.74, 6) is 0.387. The average molecular weight is 477 g/mol. The van der Waals surface area contributed by atoms with E-state index in [0.29, 0.717) is 38.3 Å². The standard InChI is InChI=1S/C27H28N2O4S/c1-2-33-23-8-10-24(11-9-23)34(31,32)29-15-13-19(14-16-29)27(30)28-22-7-12-26-21(18-22)17-20-5-3-4-6-25(20)26/h3-12,18-19H,2,13-17H2,1H3,(H,28,30). The quantitative estimate of drug-likeness (QED) is 0.438. The lowest BCUT2D eigenvalue weighted by Gasteiger charge is -2.30. The first-order valence-corrected chi connectivity index (χ1v) is 13.1. The van der Waals surface area contributed by atoms with E-state index in [4.69, 9.17) is 4.74 Å². The lowest BCUT2D eigenvalue weighted by atomic mass is 9.97. The largest absolute Gasteiger partial charge is 0.494 e. The van der Waals surface area contributed by atoms with Crippen LogP contribution in [-0.4, -0.2) is 38.3 Å². The van der Waals surface area contributed by atoms with Gasteiger partial charge in [-0.2, -0.15) is 4.31 Å². The molecule has 1 saturated heterocycles. The average Bonchev–Trinajstić information content (AvgIpc) is 3.22. The van der Waals surface area contributed by atoms with Crippen molar-refractivity contribution in [1.82, 2.24) is 4.31 Å². The number of rotatable bonds is 6. The van der Waals surface area contributed by atoms with Crippen molar-refractivity contribution in [3.8, 4) is 16.9 Å². The van der Waals surface area contributed by atoms with E-state index < -0.39 is 10.0 Å². The Morgan fingerprint density at radius 2 is 1.68 bits per heavy atom. The van der Waals surface area contributed by atoms with Crippen molar-refractivity contribution in [3.05, 3.63) is 77.9 Å². The Hall–Kier alpha value is -3.16. The van der Waals surface area contributed by atoms with E-state index in [0.717, 1.165) is 12.1 Å². The molecule has 1 heterocycles. The summed E-state index contributed by atoms with van der Waals surface area (Å²) in [4.78, 5) is 13.2. The monoisotopic (exact) mass is 476 g/mol. The highest BCUT2D eigenvalue weighted by molar-refractivity contribution is 7.89. The van der Waals surface area contributed by atoms with Crippen LogP contribution in [0, 0.1) is 5.92 Å². The smallest absolute Gasteiger partial charge is 0.243 e. The van der Waals surface area contributed by atoms with Crippen LogP contribution in [0.25, 0.3) is 11.1 Å². The SMILES string of the molecule is CCOc1ccc(S(=O)(=O)N2CCC(C(=O)Nc3ccc4c(c3)Cc3ccccc3-4)CC2)cc1. The molecule has 1 N–H and O–H groups in total. The van der Waals surface area contributed by atoms with Crippen molar-refractivity contribution in [1.29, 1.82) is 0 Å². The Labute approximate surface area is 200 Å². The summed E-state index contributed by atoms with van der Waals surface area (Å²) in [6.45, 7) is 3.06. The van der Waals surface area contributed by atoms with Crippen molar-refractivity contribution >= 4 is 21.6 Å². The first-order chi connectivity index (χ1) is 16.5. The van der Waals surface area contributed by atoms with Crippen LogP contribution in [0.5, 0.6) is 5.75 Å². The molecule has 0 spiro atoms. The van der Waals surface area contributed by atoms with E-state index in [1.165, 1.54) is 26.6 Å². The van der Waals surface area contributed by atoms with Gasteiger partial charge in [-0.3, -0.25) is 4.79 Å². The van der Waals surface area contributed by atoms with Gasteiger partial charge in [0.1, 0.15) is 5.75 Å². The summed E-state index contributed by atoms with van der Waals surface area (Å²) < 4.78 is 32.9. The molecule has 3 aromatic rings. The molecule has 0 bridgehead atoms. The van der Waals surface area contributed by atoms with Crippen LogP contribution in [-0.2, 0) is 21.2 Å². The molecule has 0 atom stereocenters. The highest BCUT2D eigenvalue weighted by Gasteiger charge is 2.32. The Kier molecular flexibility index (Phi) is 6.15. The number of anilines is 1. The van der Waals surface area contributed by atoms with Crippen LogP contribution >= 0.6 is 0 Å². The first kappa shape index (κ1) is 22.6. The fourth-order valence-electron chi connectivity index (χ4n) is 4.85. The number of nitrogens with zero attached hydrogens (tertiary/aromatic N) is 1. The normalized spacial score (nSPS) is 16.0. The third kappa shape index (κ3) is 4.33. The Morgan fingerprint density at radius 3 is 2.41 bits per heavy atom. The van der Waals surface area contributed by atoms with Crippen molar-refractivity contribution in [2.24, 2.45) is 5.92 Å². The van der Waals surface area contributed by atoms with Gasteiger partial charge in [0.25, 0.3) is 0 Å². The minimum Gasteiger partial charge on any atom is -0.494 e. The molecule has 1 aliphatic heterocycles. The summed E-state index contributed by atoms with van der Waals surface area (Å²) in [6, 6.07) is 20.9. The minimum atomic E-state index is -3.59. The summed E-state index contributed by atoms with van der Waals surface area (Å²) in [5.41, 5.74) is 5.80. The van der Waals surface area contributed by atoms with Crippen LogP contribution in [0.2, 0.25) is 0 Å². The lowest BCUT2D eigenvalue weighted by Crippen LogP contribution is -2.41. The molecule has 1 fully saturated rings. The predicted molar refractivity (Wildman–Crippen MR) is 132 cm³/mol. The van der Waals surface area contributed by atoms with Gasteiger partial charge in [-0.1, -0.05) is 30.3 Å². The molecule has 0 unspecified atom stereocenters. The van der Waals surface area contributed by atoms with E-state index >= 15 is 0 Å². The number of carbonyl (C=O) groups excluding carboxylic acids is 1. The highest BCUT2D eigenvalue weighted by atomic mass is 32.2. The number of hydrogen-bond acceptors (Lipinski definition) is 4. The number of fused-ring (bicyclic) bond motifs is 3. The zero-order chi connectivity index (χ0) is 23.7. The summed E-state index contributed by atoms with van der Waals surface area (Å²) in [6.07, 6.45) is 1.87.